The number of nitrogens with zero attached hydrogens (tertiary/aromatic N) is 3. The van der Waals surface area contributed by atoms with Gasteiger partial charge in [0.05, 0.1) is 5.25 Å². The summed E-state index contributed by atoms with van der Waals surface area (Å²) in [4.78, 5) is 12.5. The van der Waals surface area contributed by atoms with Crippen molar-refractivity contribution in [2.45, 2.75) is 30.8 Å². The average molecular weight is 395 g/mol. The van der Waals surface area contributed by atoms with Crippen molar-refractivity contribution in [2.75, 3.05) is 5.32 Å². The Morgan fingerprint density at radius 1 is 1.18 bits per heavy atom. The number of carbonyl (C=O) groups excluding carboxylic acids is 1. The van der Waals surface area contributed by atoms with Crippen molar-refractivity contribution >= 4 is 23.4 Å². The van der Waals surface area contributed by atoms with E-state index in [4.69, 9.17) is 4.74 Å². The summed E-state index contributed by atoms with van der Waals surface area (Å²) in [6.45, 7) is 8.08. The number of para-hydroxylation sites is 1. The fourth-order valence-electron chi connectivity index (χ4n) is 2.47. The second kappa shape index (κ2) is 9.23. The number of carbonyl (C=O) groups is 1. The zero-order valence-corrected chi connectivity index (χ0v) is 16.6. The Kier molecular flexibility index (Phi) is 6.49. The summed E-state index contributed by atoms with van der Waals surface area (Å²) in [7, 11) is 0. The predicted molar refractivity (Wildman–Crippen MR) is 112 cm³/mol. The molecule has 0 aliphatic carbocycles. The lowest BCUT2D eigenvalue weighted by Crippen LogP contribution is -2.23. The van der Waals surface area contributed by atoms with Crippen LogP contribution in [0.3, 0.4) is 0 Å². The Labute approximate surface area is 168 Å². The van der Waals surface area contributed by atoms with Gasteiger partial charge in [0.25, 0.3) is 0 Å². The zero-order chi connectivity index (χ0) is 19.9. The third-order valence-corrected chi connectivity index (χ3v) is 5.05. The molecular weight excluding hydrogens is 372 g/mol. The highest BCUT2D eigenvalue weighted by molar-refractivity contribution is 8.00. The lowest BCUT2D eigenvalue weighted by atomic mass is 10.3. The number of aromatic nitrogens is 3. The van der Waals surface area contributed by atoms with E-state index in [1.807, 2.05) is 73.0 Å². The van der Waals surface area contributed by atoms with Crippen LogP contribution in [0.25, 0.3) is 0 Å². The minimum Gasteiger partial charge on any atom is -0.457 e. The minimum absolute atomic E-state index is 0.104. The maximum absolute atomic E-state index is 12.5. The monoisotopic (exact) mass is 394 g/mol. The molecular formula is C21H22N4O2S. The lowest BCUT2D eigenvalue weighted by Gasteiger charge is -2.13. The molecule has 1 N–H and O–H groups in total. The van der Waals surface area contributed by atoms with Gasteiger partial charge in [-0.05, 0) is 50.2 Å². The summed E-state index contributed by atoms with van der Waals surface area (Å²) in [6, 6.07) is 16.8. The van der Waals surface area contributed by atoms with E-state index < -0.39 is 0 Å². The van der Waals surface area contributed by atoms with Gasteiger partial charge in [-0.3, -0.25) is 4.79 Å². The van der Waals surface area contributed by atoms with Crippen LogP contribution >= 0.6 is 11.8 Å². The number of benzene rings is 2. The Hall–Kier alpha value is -3.06. The fourth-order valence-corrected chi connectivity index (χ4v) is 3.38. The molecule has 1 aromatic heterocycles. The average Bonchev–Trinajstić information content (AvgIpc) is 3.04. The van der Waals surface area contributed by atoms with Crippen LogP contribution in [-0.4, -0.2) is 25.9 Å². The summed E-state index contributed by atoms with van der Waals surface area (Å²) in [6.07, 6.45) is 1.78. The van der Waals surface area contributed by atoms with Gasteiger partial charge in [-0.2, -0.15) is 0 Å². The van der Waals surface area contributed by atoms with Gasteiger partial charge in [0.15, 0.2) is 5.16 Å². The van der Waals surface area contributed by atoms with E-state index in [1.165, 1.54) is 11.8 Å². The fraction of sp³-hybridized carbons (Fsp3) is 0.190. The van der Waals surface area contributed by atoms with Crippen molar-refractivity contribution < 1.29 is 9.53 Å². The number of rotatable bonds is 8. The van der Waals surface area contributed by atoms with Crippen LogP contribution in [0.1, 0.15) is 12.7 Å². The molecule has 0 aliphatic heterocycles. The van der Waals surface area contributed by atoms with E-state index in [2.05, 4.69) is 22.1 Å². The first-order chi connectivity index (χ1) is 13.6. The van der Waals surface area contributed by atoms with Gasteiger partial charge in [0, 0.05) is 12.2 Å². The quantitative estimate of drug-likeness (QED) is 0.444. The van der Waals surface area contributed by atoms with Gasteiger partial charge in [-0.1, -0.05) is 36.0 Å². The van der Waals surface area contributed by atoms with Crippen molar-refractivity contribution in [3.05, 3.63) is 73.1 Å². The van der Waals surface area contributed by atoms with E-state index in [9.17, 15) is 4.79 Å². The molecule has 1 amide bonds. The molecule has 0 saturated carbocycles. The highest BCUT2D eigenvalue weighted by Crippen LogP contribution is 2.25. The summed E-state index contributed by atoms with van der Waals surface area (Å²) in [5.74, 6) is 2.17. The molecule has 6 nitrogen and oxygen atoms in total. The highest BCUT2D eigenvalue weighted by atomic mass is 32.2. The molecule has 144 valence electrons. The SMILES string of the molecule is C=CCn1c(C)nnc1SC(C)C(=O)Nc1ccc(Oc2ccccc2)cc1. The summed E-state index contributed by atoms with van der Waals surface area (Å²) in [5.41, 5.74) is 0.710. The maximum Gasteiger partial charge on any atom is 0.237 e. The molecule has 3 aromatic rings. The molecule has 1 heterocycles. The molecule has 2 aromatic carbocycles. The van der Waals surface area contributed by atoms with Gasteiger partial charge >= 0.3 is 0 Å². The van der Waals surface area contributed by atoms with Gasteiger partial charge in [0.2, 0.25) is 5.91 Å². The summed E-state index contributed by atoms with van der Waals surface area (Å²) >= 11 is 1.37. The number of amides is 1. The maximum atomic E-state index is 12.5. The molecule has 1 unspecified atom stereocenters. The van der Waals surface area contributed by atoms with Crippen molar-refractivity contribution in [1.82, 2.24) is 14.8 Å². The largest absolute Gasteiger partial charge is 0.457 e. The smallest absolute Gasteiger partial charge is 0.237 e. The van der Waals surface area contributed by atoms with E-state index in [0.29, 0.717) is 23.1 Å². The van der Waals surface area contributed by atoms with Gasteiger partial charge in [-0.25, -0.2) is 0 Å². The van der Waals surface area contributed by atoms with Crippen molar-refractivity contribution in [3.63, 3.8) is 0 Å². The first-order valence-corrected chi connectivity index (χ1v) is 9.76. The Balaban J connectivity index is 1.59. The standard InChI is InChI=1S/C21H22N4O2S/c1-4-14-25-16(3)23-24-21(25)28-15(2)20(26)22-17-10-12-19(13-11-17)27-18-8-6-5-7-9-18/h4-13,15H,1,14H2,2-3H3,(H,22,26). The molecule has 0 fully saturated rings. The van der Waals surface area contributed by atoms with Crippen LogP contribution in [0, 0.1) is 6.92 Å². The van der Waals surface area contributed by atoms with Crippen LogP contribution < -0.4 is 10.1 Å². The molecule has 0 spiro atoms. The molecule has 0 aliphatic rings. The molecule has 0 radical (unpaired) electrons. The molecule has 3 rings (SSSR count). The minimum atomic E-state index is -0.326. The molecule has 0 bridgehead atoms. The summed E-state index contributed by atoms with van der Waals surface area (Å²) in [5, 5.41) is 11.5. The molecule has 1 atom stereocenters. The number of ether oxygens (including phenoxy) is 1. The first-order valence-electron chi connectivity index (χ1n) is 8.88. The second-order valence-electron chi connectivity index (χ2n) is 6.12. The number of anilines is 1. The van der Waals surface area contributed by atoms with Gasteiger partial charge in [-0.15, -0.1) is 16.8 Å². The number of thioether (sulfide) groups is 1. The van der Waals surface area contributed by atoms with Crippen LogP contribution in [0.5, 0.6) is 11.5 Å². The number of hydrogen-bond donors (Lipinski definition) is 1. The van der Waals surface area contributed by atoms with Crippen LogP contribution in [-0.2, 0) is 11.3 Å². The Morgan fingerprint density at radius 3 is 2.54 bits per heavy atom. The van der Waals surface area contributed by atoms with Crippen LogP contribution in [0.2, 0.25) is 0 Å². The van der Waals surface area contributed by atoms with E-state index in [-0.39, 0.29) is 11.2 Å². The highest BCUT2D eigenvalue weighted by Gasteiger charge is 2.19. The predicted octanol–water partition coefficient (Wildman–Crippen LogP) is 4.68. The molecule has 0 saturated heterocycles. The second-order valence-corrected chi connectivity index (χ2v) is 7.43. The lowest BCUT2D eigenvalue weighted by molar-refractivity contribution is -0.115. The topological polar surface area (TPSA) is 69.0 Å². The Bertz CT molecular complexity index is 939. The van der Waals surface area contributed by atoms with E-state index in [0.717, 1.165) is 11.6 Å². The van der Waals surface area contributed by atoms with E-state index in [1.54, 1.807) is 6.08 Å². The number of nitrogens with one attached hydrogen (secondary N) is 1. The number of aryl methyl sites for hydroxylation is 1. The molecule has 7 heteroatoms. The number of hydrogen-bond acceptors (Lipinski definition) is 5. The first kappa shape index (κ1) is 19.7. The van der Waals surface area contributed by atoms with Crippen LogP contribution in [0.4, 0.5) is 5.69 Å². The van der Waals surface area contributed by atoms with Crippen molar-refractivity contribution in [3.8, 4) is 11.5 Å². The Morgan fingerprint density at radius 2 is 1.86 bits per heavy atom. The zero-order valence-electron chi connectivity index (χ0n) is 15.8. The van der Waals surface area contributed by atoms with Crippen molar-refractivity contribution in [2.24, 2.45) is 0 Å². The van der Waals surface area contributed by atoms with Gasteiger partial charge < -0.3 is 14.6 Å². The van der Waals surface area contributed by atoms with Crippen LogP contribution in [0.15, 0.2) is 72.4 Å². The number of allylic oxidation sites excluding steroid dienone is 1. The van der Waals surface area contributed by atoms with E-state index >= 15 is 0 Å². The molecule has 28 heavy (non-hydrogen) atoms. The third kappa shape index (κ3) is 5.01. The van der Waals surface area contributed by atoms with Crippen molar-refractivity contribution in [1.29, 1.82) is 0 Å². The van der Waals surface area contributed by atoms with Gasteiger partial charge in [0.1, 0.15) is 17.3 Å². The third-order valence-electron chi connectivity index (χ3n) is 3.97. The summed E-state index contributed by atoms with van der Waals surface area (Å²) < 4.78 is 7.69. The normalized spacial score (nSPS) is 11.6.